The number of aromatic nitrogens is 2. The van der Waals surface area contributed by atoms with Crippen molar-refractivity contribution in [3.8, 4) is 11.8 Å². The topological polar surface area (TPSA) is 53.1 Å². The Morgan fingerprint density at radius 3 is 2.87 bits per heavy atom. The number of nitrogens with two attached hydrogens (primary N) is 1. The van der Waals surface area contributed by atoms with E-state index in [0.29, 0.717) is 17.4 Å². The van der Waals surface area contributed by atoms with Crippen molar-refractivity contribution in [2.24, 2.45) is 7.05 Å². The summed E-state index contributed by atoms with van der Waals surface area (Å²) >= 11 is 0. The monoisotopic (exact) mass is 203 g/mol. The molecule has 2 rings (SSSR count). The SMILES string of the molecule is Cc1ccc(N)c(Oc2nccn2C)c1. The van der Waals surface area contributed by atoms with E-state index in [0.717, 1.165) is 5.56 Å². The first-order chi connectivity index (χ1) is 7.16. The number of anilines is 1. The molecule has 0 unspecified atom stereocenters. The van der Waals surface area contributed by atoms with Crippen molar-refractivity contribution in [2.45, 2.75) is 6.92 Å². The largest absolute Gasteiger partial charge is 0.423 e. The molecule has 1 aromatic heterocycles. The number of ether oxygens (including phenoxy) is 1. The van der Waals surface area contributed by atoms with E-state index >= 15 is 0 Å². The standard InChI is InChI=1S/C11H13N3O/c1-8-3-4-9(12)10(7-8)15-11-13-5-6-14(11)2/h3-7H,12H2,1-2H3. The Kier molecular flexibility index (Phi) is 2.33. The molecule has 78 valence electrons. The summed E-state index contributed by atoms with van der Waals surface area (Å²) < 4.78 is 7.38. The number of aryl methyl sites for hydroxylation is 2. The Hall–Kier alpha value is -1.97. The van der Waals surface area contributed by atoms with Crippen LogP contribution in [0.5, 0.6) is 11.8 Å². The summed E-state index contributed by atoms with van der Waals surface area (Å²) in [6, 6.07) is 6.20. The molecule has 0 atom stereocenters. The summed E-state index contributed by atoms with van der Waals surface area (Å²) in [4.78, 5) is 4.07. The average molecular weight is 203 g/mol. The van der Waals surface area contributed by atoms with Crippen molar-refractivity contribution in [3.05, 3.63) is 36.2 Å². The van der Waals surface area contributed by atoms with Gasteiger partial charge in [0.15, 0.2) is 5.75 Å². The first-order valence-corrected chi connectivity index (χ1v) is 4.68. The molecule has 0 saturated carbocycles. The van der Waals surface area contributed by atoms with E-state index in [4.69, 9.17) is 10.5 Å². The molecular formula is C11H13N3O. The van der Waals surface area contributed by atoms with Crippen molar-refractivity contribution in [1.82, 2.24) is 9.55 Å². The molecule has 0 aliphatic rings. The van der Waals surface area contributed by atoms with Crippen LogP contribution < -0.4 is 10.5 Å². The maximum Gasteiger partial charge on any atom is 0.301 e. The predicted octanol–water partition coefficient (Wildman–Crippen LogP) is 2.10. The van der Waals surface area contributed by atoms with Crippen molar-refractivity contribution in [1.29, 1.82) is 0 Å². The van der Waals surface area contributed by atoms with Crippen LogP contribution in [0.2, 0.25) is 0 Å². The summed E-state index contributed by atoms with van der Waals surface area (Å²) in [5.74, 6) is 0.643. The Morgan fingerprint density at radius 2 is 2.20 bits per heavy atom. The third-order valence-corrected chi connectivity index (χ3v) is 2.15. The second kappa shape index (κ2) is 3.65. The number of nitrogens with zero attached hydrogens (tertiary/aromatic N) is 2. The third kappa shape index (κ3) is 1.93. The zero-order valence-electron chi connectivity index (χ0n) is 8.77. The Morgan fingerprint density at radius 1 is 1.40 bits per heavy atom. The van der Waals surface area contributed by atoms with Gasteiger partial charge >= 0.3 is 6.01 Å². The van der Waals surface area contributed by atoms with Gasteiger partial charge in [0.05, 0.1) is 5.69 Å². The molecule has 1 heterocycles. The highest BCUT2D eigenvalue weighted by Gasteiger charge is 2.05. The highest BCUT2D eigenvalue weighted by atomic mass is 16.5. The second-order valence-electron chi connectivity index (χ2n) is 3.46. The normalized spacial score (nSPS) is 10.3. The van der Waals surface area contributed by atoms with Crippen molar-refractivity contribution in [2.75, 3.05) is 5.73 Å². The van der Waals surface area contributed by atoms with Crippen LogP contribution in [0.4, 0.5) is 5.69 Å². The summed E-state index contributed by atoms with van der Waals surface area (Å²) in [5, 5.41) is 0. The van der Waals surface area contributed by atoms with Gasteiger partial charge in [0.25, 0.3) is 0 Å². The summed E-state index contributed by atoms with van der Waals surface area (Å²) in [5.41, 5.74) is 7.51. The minimum absolute atomic E-state index is 0.535. The lowest BCUT2D eigenvalue weighted by Gasteiger charge is -2.08. The Balaban J connectivity index is 2.32. The molecular weight excluding hydrogens is 190 g/mol. The van der Waals surface area contributed by atoms with Crippen LogP contribution in [-0.2, 0) is 7.05 Å². The molecule has 0 saturated heterocycles. The lowest BCUT2D eigenvalue weighted by molar-refractivity contribution is 0.426. The van der Waals surface area contributed by atoms with E-state index in [1.165, 1.54) is 0 Å². The lowest BCUT2D eigenvalue weighted by Crippen LogP contribution is -1.97. The average Bonchev–Trinajstić information content (AvgIpc) is 2.58. The fourth-order valence-corrected chi connectivity index (χ4v) is 1.28. The minimum Gasteiger partial charge on any atom is -0.423 e. The van der Waals surface area contributed by atoms with E-state index in [1.54, 1.807) is 10.8 Å². The summed E-state index contributed by atoms with van der Waals surface area (Å²) in [6.07, 6.45) is 3.50. The van der Waals surface area contributed by atoms with Gasteiger partial charge in [-0.3, -0.25) is 0 Å². The molecule has 1 aromatic carbocycles. The van der Waals surface area contributed by atoms with Crippen LogP contribution in [0.3, 0.4) is 0 Å². The first-order valence-electron chi connectivity index (χ1n) is 4.68. The van der Waals surface area contributed by atoms with Gasteiger partial charge in [-0.2, -0.15) is 0 Å². The number of imidazole rings is 1. The molecule has 0 bridgehead atoms. The molecule has 2 N–H and O–H groups in total. The Labute approximate surface area is 88.3 Å². The molecule has 0 aliphatic carbocycles. The van der Waals surface area contributed by atoms with Crippen LogP contribution >= 0.6 is 0 Å². The van der Waals surface area contributed by atoms with Gasteiger partial charge in [-0.25, -0.2) is 4.98 Å². The minimum atomic E-state index is 0.535. The fraction of sp³-hybridized carbons (Fsp3) is 0.182. The van der Waals surface area contributed by atoms with Crippen LogP contribution in [0.15, 0.2) is 30.6 Å². The van der Waals surface area contributed by atoms with E-state index in [-0.39, 0.29) is 0 Å². The van der Waals surface area contributed by atoms with Gasteiger partial charge in [-0.15, -0.1) is 0 Å². The van der Waals surface area contributed by atoms with E-state index in [1.807, 2.05) is 38.4 Å². The van der Waals surface area contributed by atoms with Crippen molar-refractivity contribution >= 4 is 5.69 Å². The van der Waals surface area contributed by atoms with Crippen molar-refractivity contribution < 1.29 is 4.74 Å². The van der Waals surface area contributed by atoms with E-state index < -0.39 is 0 Å². The van der Waals surface area contributed by atoms with E-state index in [9.17, 15) is 0 Å². The van der Waals surface area contributed by atoms with E-state index in [2.05, 4.69) is 4.98 Å². The molecule has 4 nitrogen and oxygen atoms in total. The van der Waals surface area contributed by atoms with Gasteiger partial charge in [0, 0.05) is 19.4 Å². The van der Waals surface area contributed by atoms with Gasteiger partial charge in [0.1, 0.15) is 0 Å². The molecule has 0 fully saturated rings. The molecule has 2 aromatic rings. The van der Waals surface area contributed by atoms with Crippen LogP contribution in [0, 0.1) is 6.92 Å². The molecule has 0 amide bonds. The Bertz CT molecular complexity index is 476. The molecule has 0 aliphatic heterocycles. The lowest BCUT2D eigenvalue weighted by atomic mass is 10.2. The van der Waals surface area contributed by atoms with Crippen molar-refractivity contribution in [3.63, 3.8) is 0 Å². The van der Waals surface area contributed by atoms with Gasteiger partial charge < -0.3 is 15.0 Å². The zero-order chi connectivity index (χ0) is 10.8. The summed E-state index contributed by atoms with van der Waals surface area (Å²) in [7, 11) is 1.87. The highest BCUT2D eigenvalue weighted by Crippen LogP contribution is 2.26. The number of benzene rings is 1. The number of hydrogen-bond donors (Lipinski definition) is 1. The highest BCUT2D eigenvalue weighted by molar-refractivity contribution is 5.54. The number of nitrogen functional groups attached to an aromatic ring is 1. The number of rotatable bonds is 2. The van der Waals surface area contributed by atoms with Crippen LogP contribution in [0.1, 0.15) is 5.56 Å². The maximum absolute atomic E-state index is 5.79. The predicted molar refractivity (Wildman–Crippen MR) is 58.9 cm³/mol. The molecule has 0 spiro atoms. The zero-order valence-corrected chi connectivity index (χ0v) is 8.77. The summed E-state index contributed by atoms with van der Waals surface area (Å²) in [6.45, 7) is 1.99. The third-order valence-electron chi connectivity index (χ3n) is 2.15. The van der Waals surface area contributed by atoms with Gasteiger partial charge in [-0.1, -0.05) is 6.07 Å². The smallest absolute Gasteiger partial charge is 0.301 e. The van der Waals surface area contributed by atoms with Gasteiger partial charge in [0.2, 0.25) is 0 Å². The first kappa shape index (κ1) is 9.58. The molecule has 0 radical (unpaired) electrons. The van der Waals surface area contributed by atoms with Crippen LogP contribution in [0.25, 0.3) is 0 Å². The maximum atomic E-state index is 5.79. The van der Waals surface area contributed by atoms with Gasteiger partial charge in [-0.05, 0) is 24.6 Å². The quantitative estimate of drug-likeness (QED) is 0.760. The second-order valence-corrected chi connectivity index (χ2v) is 3.46. The molecule has 4 heteroatoms. The van der Waals surface area contributed by atoms with Crippen LogP contribution in [-0.4, -0.2) is 9.55 Å². The molecule has 15 heavy (non-hydrogen) atoms. The number of hydrogen-bond acceptors (Lipinski definition) is 3. The fourth-order valence-electron chi connectivity index (χ4n) is 1.28.